The molecule has 9 heteroatoms. The number of urea groups is 1. The highest BCUT2D eigenvalue weighted by molar-refractivity contribution is 6.08. The average molecular weight is 373 g/mol. The van der Waals surface area contributed by atoms with Crippen LogP contribution in [-0.4, -0.2) is 72.1 Å². The number of nitrogens with one attached hydrogen (secondary N) is 2. The van der Waals surface area contributed by atoms with Gasteiger partial charge in [-0.05, 0) is 18.9 Å². The monoisotopic (exact) mass is 373 g/mol. The number of piperidine rings is 1. The van der Waals surface area contributed by atoms with Crippen LogP contribution >= 0.6 is 0 Å². The van der Waals surface area contributed by atoms with Crippen molar-refractivity contribution in [3.05, 3.63) is 23.8 Å². The zero-order valence-corrected chi connectivity index (χ0v) is 15.6. The fourth-order valence-electron chi connectivity index (χ4n) is 3.43. The molecule has 0 aromatic rings. The first-order chi connectivity index (χ1) is 12.8. The molecule has 2 aliphatic heterocycles. The molecule has 0 aromatic carbocycles. The highest BCUT2D eigenvalue weighted by Crippen LogP contribution is 2.29. The van der Waals surface area contributed by atoms with Crippen molar-refractivity contribution in [3.8, 4) is 0 Å². The van der Waals surface area contributed by atoms with E-state index in [2.05, 4.69) is 15.6 Å². The van der Waals surface area contributed by atoms with Gasteiger partial charge in [0.15, 0.2) is 0 Å². The maximum atomic E-state index is 13.1. The number of carbonyl (C=O) groups excluding carboxylic acids is 4. The maximum Gasteiger partial charge on any atom is 0.317 e. The summed E-state index contributed by atoms with van der Waals surface area (Å²) in [5.74, 6) is -1.08. The number of hydrogen-bond acceptors (Lipinski definition) is 5. The van der Waals surface area contributed by atoms with Crippen LogP contribution in [0.25, 0.3) is 0 Å². The molecule has 0 spiro atoms. The summed E-state index contributed by atoms with van der Waals surface area (Å²) >= 11 is 0. The summed E-state index contributed by atoms with van der Waals surface area (Å²) in [6.07, 6.45) is 5.96. The van der Waals surface area contributed by atoms with E-state index in [1.165, 1.54) is 9.80 Å². The zero-order chi connectivity index (χ0) is 19.7. The lowest BCUT2D eigenvalue weighted by Crippen LogP contribution is -2.59. The first kappa shape index (κ1) is 18.8. The molecule has 0 bridgehead atoms. The van der Waals surface area contributed by atoms with E-state index in [0.717, 1.165) is 5.57 Å². The number of nitrogens with zero attached hydrogens (tertiary/aromatic N) is 3. The van der Waals surface area contributed by atoms with Gasteiger partial charge in [-0.3, -0.25) is 29.6 Å². The Morgan fingerprint density at radius 3 is 2.78 bits per heavy atom. The van der Waals surface area contributed by atoms with Crippen molar-refractivity contribution < 1.29 is 19.2 Å². The second kappa shape index (κ2) is 7.34. The molecule has 1 fully saturated rings. The Kier molecular flexibility index (Phi) is 5.11. The second-order valence-corrected chi connectivity index (χ2v) is 7.02. The first-order valence-electron chi connectivity index (χ1n) is 8.83. The summed E-state index contributed by atoms with van der Waals surface area (Å²) in [6.45, 7) is 1.99. The molecule has 0 radical (unpaired) electrons. The lowest BCUT2D eigenvalue weighted by molar-refractivity contribution is -0.144. The van der Waals surface area contributed by atoms with E-state index in [0.29, 0.717) is 12.4 Å². The van der Waals surface area contributed by atoms with Gasteiger partial charge < -0.3 is 10.2 Å². The highest BCUT2D eigenvalue weighted by atomic mass is 16.2. The van der Waals surface area contributed by atoms with E-state index >= 15 is 0 Å². The second-order valence-electron chi connectivity index (χ2n) is 7.02. The van der Waals surface area contributed by atoms with Gasteiger partial charge in [-0.25, -0.2) is 4.79 Å². The molecule has 3 unspecified atom stereocenters. The number of aliphatic imine (C=N–C) groups is 1. The molecule has 0 saturated carbocycles. The number of amides is 5. The lowest BCUT2D eigenvalue weighted by atomic mass is 9.88. The summed E-state index contributed by atoms with van der Waals surface area (Å²) in [4.78, 5) is 55.8. The van der Waals surface area contributed by atoms with Crippen LogP contribution in [0.15, 0.2) is 28.8 Å². The maximum absolute atomic E-state index is 13.1. The van der Waals surface area contributed by atoms with Crippen LogP contribution < -0.4 is 10.6 Å². The summed E-state index contributed by atoms with van der Waals surface area (Å²) in [5.41, 5.74) is 0.803. The third-order valence-electron chi connectivity index (χ3n) is 4.85. The standard InChI is InChI=1S/C18H23N5O4/c1-10-20-13-5-4-11(9-19-18(27)22(2)3)8-12(13)17(26)23(10)14-6-7-15(24)21-16(14)25/h4-5,8,12-14H,6-7,9H2,1-3H3,(H,19,27)(H,21,24,25). The van der Waals surface area contributed by atoms with Crippen LogP contribution in [0.3, 0.4) is 0 Å². The Bertz CT molecular complexity index is 783. The molecular weight excluding hydrogens is 350 g/mol. The first-order valence-corrected chi connectivity index (χ1v) is 8.83. The Labute approximate surface area is 157 Å². The summed E-state index contributed by atoms with van der Waals surface area (Å²) in [6, 6.07) is -1.27. The van der Waals surface area contributed by atoms with E-state index in [1.807, 2.05) is 12.2 Å². The van der Waals surface area contributed by atoms with Crippen molar-refractivity contribution in [2.24, 2.45) is 10.9 Å². The van der Waals surface area contributed by atoms with Gasteiger partial charge in [-0.15, -0.1) is 0 Å². The van der Waals surface area contributed by atoms with Gasteiger partial charge in [0.25, 0.3) is 0 Å². The molecule has 2 heterocycles. The van der Waals surface area contributed by atoms with Gasteiger partial charge in [0.05, 0.1) is 12.0 Å². The van der Waals surface area contributed by atoms with Gasteiger partial charge in [-0.2, -0.15) is 0 Å². The quantitative estimate of drug-likeness (QED) is 0.668. The van der Waals surface area contributed by atoms with Gasteiger partial charge >= 0.3 is 6.03 Å². The third kappa shape index (κ3) is 3.76. The number of rotatable bonds is 3. The van der Waals surface area contributed by atoms with Crippen LogP contribution in [-0.2, 0) is 14.4 Å². The summed E-state index contributed by atoms with van der Waals surface area (Å²) in [7, 11) is 3.30. The van der Waals surface area contributed by atoms with Crippen molar-refractivity contribution in [1.82, 2.24) is 20.4 Å². The minimum absolute atomic E-state index is 0.194. The van der Waals surface area contributed by atoms with Gasteiger partial charge in [-0.1, -0.05) is 18.2 Å². The Morgan fingerprint density at radius 1 is 1.37 bits per heavy atom. The van der Waals surface area contributed by atoms with E-state index < -0.39 is 17.9 Å². The lowest BCUT2D eigenvalue weighted by Gasteiger charge is -2.39. The molecule has 1 aliphatic carbocycles. The largest absolute Gasteiger partial charge is 0.334 e. The summed E-state index contributed by atoms with van der Waals surface area (Å²) in [5, 5.41) is 5.05. The van der Waals surface area contributed by atoms with E-state index in [-0.39, 0.29) is 36.7 Å². The van der Waals surface area contributed by atoms with Crippen molar-refractivity contribution in [3.63, 3.8) is 0 Å². The SMILES string of the molecule is CC1=NC2C=CC(CNC(=O)N(C)C)=CC2C(=O)N1C1CCC(=O)NC1=O. The predicted molar refractivity (Wildman–Crippen MR) is 97.7 cm³/mol. The fourth-order valence-corrected chi connectivity index (χ4v) is 3.43. The topological polar surface area (TPSA) is 111 Å². The zero-order valence-electron chi connectivity index (χ0n) is 15.6. The molecule has 2 N–H and O–H groups in total. The molecule has 5 amide bonds. The number of amidine groups is 1. The van der Waals surface area contributed by atoms with Crippen molar-refractivity contribution >= 4 is 29.6 Å². The Balaban J connectivity index is 1.78. The Hall–Kier alpha value is -2.97. The van der Waals surface area contributed by atoms with Crippen LogP contribution in [0.5, 0.6) is 0 Å². The van der Waals surface area contributed by atoms with Crippen molar-refractivity contribution in [2.45, 2.75) is 31.8 Å². The molecule has 0 aromatic heterocycles. The Morgan fingerprint density at radius 2 is 2.11 bits per heavy atom. The predicted octanol–water partition coefficient (Wildman–Crippen LogP) is -0.196. The fraction of sp³-hybridized carbons (Fsp3) is 0.500. The molecule has 3 aliphatic rings. The molecule has 27 heavy (non-hydrogen) atoms. The van der Waals surface area contributed by atoms with E-state index in [9.17, 15) is 19.2 Å². The van der Waals surface area contributed by atoms with Crippen LogP contribution in [0, 0.1) is 5.92 Å². The number of fused-ring (bicyclic) bond motifs is 1. The van der Waals surface area contributed by atoms with Crippen LogP contribution in [0.2, 0.25) is 0 Å². The molecule has 3 atom stereocenters. The van der Waals surface area contributed by atoms with Gasteiger partial charge in [0.2, 0.25) is 17.7 Å². The van der Waals surface area contributed by atoms with Crippen molar-refractivity contribution in [1.29, 1.82) is 0 Å². The molecule has 144 valence electrons. The smallest absolute Gasteiger partial charge is 0.317 e. The molecule has 9 nitrogen and oxygen atoms in total. The van der Waals surface area contributed by atoms with Gasteiger partial charge in [0, 0.05) is 27.1 Å². The average Bonchev–Trinajstić information content (AvgIpc) is 2.61. The normalized spacial score (nSPS) is 27.4. The third-order valence-corrected chi connectivity index (χ3v) is 4.85. The summed E-state index contributed by atoms with van der Waals surface area (Å²) < 4.78 is 0. The number of carbonyl (C=O) groups is 4. The van der Waals surface area contributed by atoms with Gasteiger partial charge in [0.1, 0.15) is 11.9 Å². The minimum Gasteiger partial charge on any atom is -0.334 e. The molecule has 1 saturated heterocycles. The molecule has 3 rings (SSSR count). The molecular formula is C18H23N5O4. The van der Waals surface area contributed by atoms with Crippen LogP contribution in [0.4, 0.5) is 4.79 Å². The minimum atomic E-state index is -0.726. The van der Waals surface area contributed by atoms with E-state index in [1.54, 1.807) is 27.1 Å². The van der Waals surface area contributed by atoms with Crippen LogP contribution in [0.1, 0.15) is 19.8 Å². The highest BCUT2D eigenvalue weighted by Gasteiger charge is 2.43. The van der Waals surface area contributed by atoms with Crippen molar-refractivity contribution in [2.75, 3.05) is 20.6 Å². The number of imide groups is 1. The number of hydrogen-bond donors (Lipinski definition) is 2. The van der Waals surface area contributed by atoms with E-state index in [4.69, 9.17) is 0 Å².